The molecule has 0 spiro atoms. The minimum Gasteiger partial charge on any atom is -0.394 e. The molecule has 0 radical (unpaired) electrons. The van der Waals surface area contributed by atoms with Crippen LogP contribution in [0.2, 0.25) is 0 Å². The Hall–Kier alpha value is -2.11. The molecule has 6 nitrogen and oxygen atoms in total. The third kappa shape index (κ3) is 2.11. The SMILES string of the molecule is Nc1nn(C2CCCCCC2)c(-c2cc[nH]c2N)c1N. The maximum atomic E-state index is 6.13. The number of H-pyrrole nitrogens is 1. The number of nitrogens with zero attached hydrogens (tertiary/aromatic N) is 2. The first-order chi connectivity index (χ1) is 9.68. The van der Waals surface area contributed by atoms with Gasteiger partial charge in [0.2, 0.25) is 0 Å². The van der Waals surface area contributed by atoms with Gasteiger partial charge in [-0.15, -0.1) is 0 Å². The molecule has 6 heteroatoms. The Morgan fingerprint density at radius 2 is 1.80 bits per heavy atom. The van der Waals surface area contributed by atoms with Crippen molar-refractivity contribution in [2.45, 2.75) is 44.6 Å². The molecule has 2 aromatic heterocycles. The molecule has 1 saturated carbocycles. The number of aromatic nitrogens is 3. The van der Waals surface area contributed by atoms with Crippen molar-refractivity contribution in [1.29, 1.82) is 0 Å². The average Bonchev–Trinajstić information content (AvgIpc) is 2.85. The van der Waals surface area contributed by atoms with Gasteiger partial charge in [0.15, 0.2) is 5.82 Å². The van der Waals surface area contributed by atoms with E-state index in [2.05, 4.69) is 10.1 Å². The van der Waals surface area contributed by atoms with Crippen LogP contribution in [0, 0.1) is 0 Å². The molecule has 1 aliphatic carbocycles. The summed E-state index contributed by atoms with van der Waals surface area (Å²) in [5.74, 6) is 0.997. The second-order valence-corrected chi connectivity index (χ2v) is 5.54. The van der Waals surface area contributed by atoms with Crippen LogP contribution in [0.25, 0.3) is 11.3 Å². The van der Waals surface area contributed by atoms with Crippen molar-refractivity contribution in [3.8, 4) is 11.3 Å². The molecule has 20 heavy (non-hydrogen) atoms. The molecule has 108 valence electrons. The highest BCUT2D eigenvalue weighted by Crippen LogP contribution is 2.38. The summed E-state index contributed by atoms with van der Waals surface area (Å²) in [6.45, 7) is 0. The van der Waals surface area contributed by atoms with E-state index in [1.807, 2.05) is 16.9 Å². The van der Waals surface area contributed by atoms with Crippen molar-refractivity contribution < 1.29 is 0 Å². The highest BCUT2D eigenvalue weighted by Gasteiger charge is 2.24. The number of nitrogens with one attached hydrogen (secondary N) is 1. The third-order valence-corrected chi connectivity index (χ3v) is 4.18. The lowest BCUT2D eigenvalue weighted by molar-refractivity contribution is 0.411. The smallest absolute Gasteiger partial charge is 0.169 e. The largest absolute Gasteiger partial charge is 0.394 e. The molecule has 1 aliphatic rings. The monoisotopic (exact) mass is 274 g/mol. The predicted molar refractivity (Wildman–Crippen MR) is 82.0 cm³/mol. The molecule has 2 heterocycles. The minimum atomic E-state index is 0.362. The Kier molecular flexibility index (Phi) is 3.30. The number of aromatic amines is 1. The van der Waals surface area contributed by atoms with E-state index < -0.39 is 0 Å². The second-order valence-electron chi connectivity index (χ2n) is 5.54. The van der Waals surface area contributed by atoms with Crippen LogP contribution in [0.5, 0.6) is 0 Å². The van der Waals surface area contributed by atoms with Gasteiger partial charge in [-0.3, -0.25) is 4.68 Å². The van der Waals surface area contributed by atoms with Crippen LogP contribution in [-0.2, 0) is 0 Å². The Morgan fingerprint density at radius 1 is 1.10 bits per heavy atom. The van der Waals surface area contributed by atoms with Crippen molar-refractivity contribution in [3.63, 3.8) is 0 Å². The van der Waals surface area contributed by atoms with E-state index in [-0.39, 0.29) is 0 Å². The number of rotatable bonds is 2. The zero-order valence-corrected chi connectivity index (χ0v) is 11.6. The number of hydrogen-bond acceptors (Lipinski definition) is 4. The molecular formula is C14H22N6. The number of hydrogen-bond donors (Lipinski definition) is 4. The highest BCUT2D eigenvalue weighted by molar-refractivity contribution is 5.85. The fourth-order valence-electron chi connectivity index (χ4n) is 3.09. The minimum absolute atomic E-state index is 0.362. The predicted octanol–water partition coefficient (Wildman–Crippen LogP) is 2.52. The third-order valence-electron chi connectivity index (χ3n) is 4.18. The van der Waals surface area contributed by atoms with Crippen LogP contribution in [0.15, 0.2) is 12.3 Å². The van der Waals surface area contributed by atoms with Gasteiger partial charge >= 0.3 is 0 Å². The molecule has 0 atom stereocenters. The summed E-state index contributed by atoms with van der Waals surface area (Å²) in [5, 5.41) is 4.47. The van der Waals surface area contributed by atoms with Gasteiger partial charge in [-0.2, -0.15) is 5.10 Å². The maximum Gasteiger partial charge on any atom is 0.169 e. The van der Waals surface area contributed by atoms with Gasteiger partial charge in [0.05, 0.1) is 11.7 Å². The first-order valence-electron chi connectivity index (χ1n) is 7.25. The molecule has 0 amide bonds. The van der Waals surface area contributed by atoms with Crippen molar-refractivity contribution >= 4 is 17.3 Å². The van der Waals surface area contributed by atoms with Gasteiger partial charge in [0.1, 0.15) is 11.5 Å². The molecule has 0 bridgehead atoms. The number of nitrogen functional groups attached to an aromatic ring is 3. The van der Waals surface area contributed by atoms with Crippen LogP contribution >= 0.6 is 0 Å². The second kappa shape index (κ2) is 5.11. The lowest BCUT2D eigenvalue weighted by atomic mass is 10.1. The number of nitrogens with two attached hydrogens (primary N) is 3. The standard InChI is InChI=1S/C14H22N6/c15-11-12(10-7-8-18-13(10)16)20(19-14(11)17)9-5-3-1-2-4-6-9/h7-9,18H,1-6,15-16H2,(H2,17,19). The zero-order chi connectivity index (χ0) is 14.1. The summed E-state index contributed by atoms with van der Waals surface area (Å²) in [6.07, 6.45) is 9.11. The summed E-state index contributed by atoms with van der Waals surface area (Å²) in [6, 6.07) is 2.29. The Morgan fingerprint density at radius 3 is 2.40 bits per heavy atom. The molecule has 0 saturated heterocycles. The summed E-state index contributed by atoms with van der Waals surface area (Å²) < 4.78 is 2.00. The highest BCUT2D eigenvalue weighted by atomic mass is 15.3. The molecule has 3 rings (SSSR count). The van der Waals surface area contributed by atoms with Gasteiger partial charge < -0.3 is 22.2 Å². The zero-order valence-electron chi connectivity index (χ0n) is 11.6. The fourth-order valence-corrected chi connectivity index (χ4v) is 3.09. The van der Waals surface area contributed by atoms with Crippen molar-refractivity contribution in [3.05, 3.63) is 12.3 Å². The van der Waals surface area contributed by atoms with E-state index in [1.54, 1.807) is 0 Å². The first kappa shape index (κ1) is 12.9. The average molecular weight is 274 g/mol. The van der Waals surface area contributed by atoms with Crippen LogP contribution in [0.1, 0.15) is 44.6 Å². The molecular weight excluding hydrogens is 252 g/mol. The van der Waals surface area contributed by atoms with E-state index >= 15 is 0 Å². The molecule has 0 aromatic carbocycles. The van der Waals surface area contributed by atoms with Crippen LogP contribution in [0.3, 0.4) is 0 Å². The molecule has 7 N–H and O–H groups in total. The van der Waals surface area contributed by atoms with Gasteiger partial charge in [-0.25, -0.2) is 0 Å². The van der Waals surface area contributed by atoms with E-state index in [1.165, 1.54) is 25.7 Å². The van der Waals surface area contributed by atoms with Gasteiger partial charge in [-0.05, 0) is 18.9 Å². The summed E-state index contributed by atoms with van der Waals surface area (Å²) >= 11 is 0. The lowest BCUT2D eigenvalue weighted by Gasteiger charge is -2.18. The number of anilines is 3. The Bertz CT molecular complexity index is 589. The maximum absolute atomic E-state index is 6.13. The van der Waals surface area contributed by atoms with Gasteiger partial charge in [0, 0.05) is 11.8 Å². The topological polar surface area (TPSA) is 112 Å². The summed E-state index contributed by atoms with van der Waals surface area (Å²) in [7, 11) is 0. The summed E-state index contributed by atoms with van der Waals surface area (Å²) in [4.78, 5) is 2.99. The summed E-state index contributed by atoms with van der Waals surface area (Å²) in [5.41, 5.74) is 20.3. The van der Waals surface area contributed by atoms with Gasteiger partial charge in [-0.1, -0.05) is 25.7 Å². The van der Waals surface area contributed by atoms with E-state index in [9.17, 15) is 0 Å². The molecule has 2 aromatic rings. The van der Waals surface area contributed by atoms with Crippen LogP contribution < -0.4 is 17.2 Å². The quantitative estimate of drug-likeness (QED) is 0.630. The Balaban J connectivity index is 2.07. The molecule has 0 aliphatic heterocycles. The van der Waals surface area contributed by atoms with E-state index in [4.69, 9.17) is 17.2 Å². The molecule has 1 fully saturated rings. The van der Waals surface area contributed by atoms with Crippen molar-refractivity contribution in [1.82, 2.24) is 14.8 Å². The Labute approximate surface area is 118 Å². The fraction of sp³-hybridized carbons (Fsp3) is 0.500. The van der Waals surface area contributed by atoms with E-state index in [0.29, 0.717) is 23.4 Å². The van der Waals surface area contributed by atoms with Crippen molar-refractivity contribution in [2.24, 2.45) is 0 Å². The van der Waals surface area contributed by atoms with Crippen molar-refractivity contribution in [2.75, 3.05) is 17.2 Å². The lowest BCUT2D eigenvalue weighted by Crippen LogP contribution is -2.12. The first-order valence-corrected chi connectivity index (χ1v) is 7.25. The van der Waals surface area contributed by atoms with E-state index in [0.717, 1.165) is 24.1 Å². The van der Waals surface area contributed by atoms with Crippen LogP contribution in [0.4, 0.5) is 17.3 Å². The molecule has 0 unspecified atom stereocenters. The van der Waals surface area contributed by atoms with Gasteiger partial charge in [0.25, 0.3) is 0 Å². The normalized spacial score (nSPS) is 17.2. The van der Waals surface area contributed by atoms with Crippen LogP contribution in [-0.4, -0.2) is 14.8 Å².